The maximum atomic E-state index is 12.1. The molecule has 0 atom stereocenters. The molecule has 0 aliphatic rings. The summed E-state index contributed by atoms with van der Waals surface area (Å²) in [4.78, 5) is 13.4. The summed E-state index contributed by atoms with van der Waals surface area (Å²) < 4.78 is 5.67. The van der Waals surface area contributed by atoms with Crippen LogP contribution < -0.4 is 10.1 Å². The highest BCUT2D eigenvalue weighted by Crippen LogP contribution is 2.19. The number of aromatic nitrogens is 4. The molecule has 0 radical (unpaired) electrons. The van der Waals surface area contributed by atoms with Gasteiger partial charge in [0.15, 0.2) is 0 Å². The van der Waals surface area contributed by atoms with Gasteiger partial charge in [0.25, 0.3) is 0 Å². The van der Waals surface area contributed by atoms with Crippen molar-refractivity contribution in [3.63, 3.8) is 0 Å². The van der Waals surface area contributed by atoms with E-state index in [1.807, 2.05) is 55.5 Å². The van der Waals surface area contributed by atoms with Crippen molar-refractivity contribution in [2.75, 3.05) is 6.61 Å². The lowest BCUT2D eigenvalue weighted by atomic mass is 10.1. The van der Waals surface area contributed by atoms with Crippen molar-refractivity contribution in [3.8, 4) is 17.1 Å². The standard InChI is InChI=1S/C21H25N5O2/c1-15(2)14-28-19-10-8-18(9-11-19)21-23-25-26(24-21)13-20(27)22-12-17-6-4-16(3)5-7-17/h4-11,15H,12-14H2,1-3H3,(H,22,27). The van der Waals surface area contributed by atoms with Crippen LogP contribution in [0.5, 0.6) is 5.75 Å². The Balaban J connectivity index is 1.53. The van der Waals surface area contributed by atoms with Gasteiger partial charge in [0, 0.05) is 12.1 Å². The number of hydrogen-bond acceptors (Lipinski definition) is 5. The summed E-state index contributed by atoms with van der Waals surface area (Å²) in [5.41, 5.74) is 3.06. The van der Waals surface area contributed by atoms with Gasteiger partial charge in [-0.1, -0.05) is 43.7 Å². The summed E-state index contributed by atoms with van der Waals surface area (Å²) in [7, 11) is 0. The van der Waals surface area contributed by atoms with Crippen LogP contribution in [-0.2, 0) is 17.9 Å². The third kappa shape index (κ3) is 5.64. The molecule has 0 unspecified atom stereocenters. The van der Waals surface area contributed by atoms with Crippen molar-refractivity contribution in [3.05, 3.63) is 59.7 Å². The average Bonchev–Trinajstić information content (AvgIpc) is 3.14. The molecule has 1 aromatic heterocycles. The summed E-state index contributed by atoms with van der Waals surface area (Å²) in [5.74, 6) is 1.59. The number of hydrogen-bond donors (Lipinski definition) is 1. The molecule has 146 valence electrons. The van der Waals surface area contributed by atoms with E-state index in [1.165, 1.54) is 10.4 Å². The fourth-order valence-electron chi connectivity index (χ4n) is 2.48. The molecule has 1 N–H and O–H groups in total. The van der Waals surface area contributed by atoms with E-state index >= 15 is 0 Å². The normalized spacial score (nSPS) is 10.9. The first kappa shape index (κ1) is 19.5. The monoisotopic (exact) mass is 379 g/mol. The summed E-state index contributed by atoms with van der Waals surface area (Å²) in [6, 6.07) is 15.6. The second-order valence-corrected chi connectivity index (χ2v) is 7.14. The third-order valence-corrected chi connectivity index (χ3v) is 4.04. The van der Waals surface area contributed by atoms with Crippen molar-refractivity contribution in [1.82, 2.24) is 25.5 Å². The van der Waals surface area contributed by atoms with Gasteiger partial charge in [-0.05, 0) is 47.9 Å². The summed E-state index contributed by atoms with van der Waals surface area (Å²) in [6.45, 7) is 7.40. The van der Waals surface area contributed by atoms with Crippen LogP contribution >= 0.6 is 0 Å². The second-order valence-electron chi connectivity index (χ2n) is 7.14. The molecule has 7 heteroatoms. The van der Waals surface area contributed by atoms with Gasteiger partial charge in [0.05, 0.1) is 6.61 Å². The van der Waals surface area contributed by atoms with Crippen LogP contribution in [0.25, 0.3) is 11.4 Å². The quantitative estimate of drug-likeness (QED) is 0.651. The van der Waals surface area contributed by atoms with Crippen LogP contribution in [0.15, 0.2) is 48.5 Å². The highest BCUT2D eigenvalue weighted by molar-refractivity contribution is 5.75. The second kappa shape index (κ2) is 9.12. The number of tetrazole rings is 1. The number of nitrogens with zero attached hydrogens (tertiary/aromatic N) is 4. The zero-order valence-corrected chi connectivity index (χ0v) is 16.4. The van der Waals surface area contributed by atoms with Crippen molar-refractivity contribution < 1.29 is 9.53 Å². The minimum absolute atomic E-state index is 0.0223. The van der Waals surface area contributed by atoms with Crippen LogP contribution in [-0.4, -0.2) is 32.7 Å². The van der Waals surface area contributed by atoms with Crippen molar-refractivity contribution in [2.45, 2.75) is 33.9 Å². The summed E-state index contributed by atoms with van der Waals surface area (Å²) in [5, 5.41) is 15.1. The molecule has 3 rings (SSSR count). The SMILES string of the molecule is Cc1ccc(CNC(=O)Cn2nnc(-c3ccc(OCC(C)C)cc3)n2)cc1. The number of benzene rings is 2. The van der Waals surface area contributed by atoms with Crippen molar-refractivity contribution >= 4 is 5.91 Å². The van der Waals surface area contributed by atoms with Crippen LogP contribution in [0.1, 0.15) is 25.0 Å². The average molecular weight is 379 g/mol. The lowest BCUT2D eigenvalue weighted by Gasteiger charge is -2.08. The number of amides is 1. The van der Waals surface area contributed by atoms with E-state index in [9.17, 15) is 4.79 Å². The lowest BCUT2D eigenvalue weighted by Crippen LogP contribution is -2.28. The van der Waals surface area contributed by atoms with Crippen LogP contribution in [0.2, 0.25) is 0 Å². The van der Waals surface area contributed by atoms with Gasteiger partial charge in [-0.2, -0.15) is 4.80 Å². The molecule has 0 aliphatic heterocycles. The zero-order valence-electron chi connectivity index (χ0n) is 16.4. The number of ether oxygens (including phenoxy) is 1. The largest absolute Gasteiger partial charge is 0.493 e. The number of nitrogens with one attached hydrogen (secondary N) is 1. The van der Waals surface area contributed by atoms with Gasteiger partial charge >= 0.3 is 0 Å². The molecule has 0 bridgehead atoms. The first-order valence-corrected chi connectivity index (χ1v) is 9.33. The minimum atomic E-state index is -0.165. The van der Waals surface area contributed by atoms with Gasteiger partial charge in [0.1, 0.15) is 12.3 Å². The van der Waals surface area contributed by atoms with Gasteiger partial charge in [-0.15, -0.1) is 10.2 Å². The Morgan fingerprint density at radius 1 is 1.11 bits per heavy atom. The van der Waals surface area contributed by atoms with Gasteiger partial charge < -0.3 is 10.1 Å². The van der Waals surface area contributed by atoms with E-state index < -0.39 is 0 Å². The molecule has 0 fully saturated rings. The van der Waals surface area contributed by atoms with Gasteiger partial charge in [0.2, 0.25) is 11.7 Å². The number of carbonyl (C=O) groups is 1. The molecular formula is C21H25N5O2. The minimum Gasteiger partial charge on any atom is -0.493 e. The van der Waals surface area contributed by atoms with Gasteiger partial charge in [-0.3, -0.25) is 4.79 Å². The molecule has 0 saturated carbocycles. The summed E-state index contributed by atoms with van der Waals surface area (Å²) in [6.07, 6.45) is 0. The number of aryl methyl sites for hydroxylation is 1. The Morgan fingerprint density at radius 2 is 1.82 bits per heavy atom. The Bertz CT molecular complexity index is 901. The Labute approximate surface area is 164 Å². The predicted molar refractivity (Wildman–Crippen MR) is 107 cm³/mol. The van der Waals surface area contributed by atoms with E-state index in [0.29, 0.717) is 24.9 Å². The number of carbonyl (C=O) groups excluding carboxylic acids is 1. The highest BCUT2D eigenvalue weighted by atomic mass is 16.5. The molecule has 1 heterocycles. The highest BCUT2D eigenvalue weighted by Gasteiger charge is 2.10. The van der Waals surface area contributed by atoms with E-state index in [2.05, 4.69) is 34.6 Å². The first-order valence-electron chi connectivity index (χ1n) is 9.33. The molecular weight excluding hydrogens is 354 g/mol. The Kier molecular flexibility index (Phi) is 6.37. The number of rotatable bonds is 8. The molecule has 0 spiro atoms. The first-order chi connectivity index (χ1) is 13.5. The van der Waals surface area contributed by atoms with Crippen molar-refractivity contribution in [2.24, 2.45) is 5.92 Å². The lowest BCUT2D eigenvalue weighted by molar-refractivity contribution is -0.122. The van der Waals surface area contributed by atoms with Crippen LogP contribution in [0, 0.1) is 12.8 Å². The van der Waals surface area contributed by atoms with E-state index in [-0.39, 0.29) is 12.5 Å². The topological polar surface area (TPSA) is 81.9 Å². The molecule has 0 aliphatic carbocycles. The maximum absolute atomic E-state index is 12.1. The molecule has 7 nitrogen and oxygen atoms in total. The third-order valence-electron chi connectivity index (χ3n) is 4.04. The van der Waals surface area contributed by atoms with E-state index in [4.69, 9.17) is 4.74 Å². The van der Waals surface area contributed by atoms with Crippen LogP contribution in [0.4, 0.5) is 0 Å². The smallest absolute Gasteiger partial charge is 0.243 e. The van der Waals surface area contributed by atoms with E-state index in [1.54, 1.807) is 0 Å². The maximum Gasteiger partial charge on any atom is 0.243 e. The molecule has 2 aromatic carbocycles. The fourth-order valence-corrected chi connectivity index (χ4v) is 2.48. The predicted octanol–water partition coefficient (Wildman–Crippen LogP) is 3.00. The fraction of sp³-hybridized carbons (Fsp3) is 0.333. The molecule has 0 saturated heterocycles. The molecule has 1 amide bonds. The van der Waals surface area contributed by atoms with E-state index in [0.717, 1.165) is 16.9 Å². The van der Waals surface area contributed by atoms with Gasteiger partial charge in [-0.25, -0.2) is 0 Å². The van der Waals surface area contributed by atoms with Crippen LogP contribution in [0.3, 0.4) is 0 Å². The zero-order chi connectivity index (χ0) is 19.9. The summed E-state index contributed by atoms with van der Waals surface area (Å²) >= 11 is 0. The molecule has 28 heavy (non-hydrogen) atoms. The van der Waals surface area contributed by atoms with Crippen molar-refractivity contribution in [1.29, 1.82) is 0 Å². The Morgan fingerprint density at radius 3 is 2.50 bits per heavy atom. The molecule has 3 aromatic rings. The Hall–Kier alpha value is -3.22.